The van der Waals surface area contributed by atoms with Crippen molar-refractivity contribution in [1.29, 1.82) is 0 Å². The molecule has 1 aliphatic heterocycles. The fourth-order valence-corrected chi connectivity index (χ4v) is 3.00. The van der Waals surface area contributed by atoms with Crippen molar-refractivity contribution in [3.8, 4) is 0 Å². The Bertz CT molecular complexity index is 402. The zero-order valence-electron chi connectivity index (χ0n) is 11.6. The van der Waals surface area contributed by atoms with Crippen LogP contribution in [0.2, 0.25) is 0 Å². The van der Waals surface area contributed by atoms with Crippen LogP contribution in [0.25, 0.3) is 0 Å². The monoisotopic (exact) mass is 268 g/mol. The van der Waals surface area contributed by atoms with Gasteiger partial charge in [0.1, 0.15) is 11.6 Å². The van der Waals surface area contributed by atoms with E-state index in [0.717, 1.165) is 32.5 Å². The molecule has 2 nitrogen and oxygen atoms in total. The maximum atomic E-state index is 14.0. The van der Waals surface area contributed by atoms with Gasteiger partial charge in [-0.25, -0.2) is 8.78 Å². The zero-order valence-corrected chi connectivity index (χ0v) is 11.6. The van der Waals surface area contributed by atoms with Crippen LogP contribution in [-0.4, -0.2) is 30.6 Å². The number of hydrogen-bond donors (Lipinski definition) is 1. The Kier molecular flexibility index (Phi) is 4.88. The van der Waals surface area contributed by atoms with Crippen molar-refractivity contribution in [3.63, 3.8) is 0 Å². The molecule has 1 saturated heterocycles. The number of halogens is 2. The Balaban J connectivity index is 2.27. The summed E-state index contributed by atoms with van der Waals surface area (Å²) in [6.07, 6.45) is 1.80. The van der Waals surface area contributed by atoms with Gasteiger partial charge in [0.15, 0.2) is 0 Å². The Labute approximate surface area is 113 Å². The van der Waals surface area contributed by atoms with Crippen molar-refractivity contribution >= 4 is 0 Å². The molecule has 0 spiro atoms. The molecule has 1 N–H and O–H groups in total. The third-order valence-corrected chi connectivity index (χ3v) is 3.95. The molecular formula is C15H22F2N2. The second kappa shape index (κ2) is 6.44. The lowest BCUT2D eigenvalue weighted by molar-refractivity contribution is 0.126. The average Bonchev–Trinajstić information content (AvgIpc) is 2.39. The molecule has 0 bridgehead atoms. The first kappa shape index (κ1) is 14.4. The molecule has 106 valence electrons. The van der Waals surface area contributed by atoms with Crippen molar-refractivity contribution in [3.05, 3.63) is 35.4 Å². The van der Waals surface area contributed by atoms with E-state index >= 15 is 0 Å². The summed E-state index contributed by atoms with van der Waals surface area (Å²) in [5.74, 6) is -0.860. The predicted octanol–water partition coefficient (Wildman–Crippen LogP) is 3.10. The Morgan fingerprint density at radius 1 is 1.26 bits per heavy atom. The molecule has 2 atom stereocenters. The number of piperidine rings is 1. The highest BCUT2D eigenvalue weighted by Crippen LogP contribution is 2.33. The summed E-state index contributed by atoms with van der Waals surface area (Å²) >= 11 is 0. The smallest absolute Gasteiger partial charge is 0.130 e. The van der Waals surface area contributed by atoms with Crippen LogP contribution in [0.15, 0.2) is 18.2 Å². The van der Waals surface area contributed by atoms with E-state index in [1.54, 1.807) is 0 Å². The second-order valence-corrected chi connectivity index (χ2v) is 5.06. The van der Waals surface area contributed by atoms with Crippen molar-refractivity contribution in [2.75, 3.05) is 19.6 Å². The fourth-order valence-electron chi connectivity index (χ4n) is 3.00. The van der Waals surface area contributed by atoms with Crippen LogP contribution in [0.4, 0.5) is 8.78 Å². The third-order valence-electron chi connectivity index (χ3n) is 3.95. The average molecular weight is 268 g/mol. The van der Waals surface area contributed by atoms with Crippen LogP contribution < -0.4 is 5.32 Å². The zero-order chi connectivity index (χ0) is 13.8. The molecule has 1 aromatic carbocycles. The topological polar surface area (TPSA) is 15.3 Å². The molecule has 0 saturated carbocycles. The molecule has 0 unspecified atom stereocenters. The van der Waals surface area contributed by atoms with Crippen LogP contribution in [0, 0.1) is 11.6 Å². The van der Waals surface area contributed by atoms with Gasteiger partial charge >= 0.3 is 0 Å². The van der Waals surface area contributed by atoms with Crippen LogP contribution in [-0.2, 0) is 0 Å². The first-order valence-corrected chi connectivity index (χ1v) is 7.08. The standard InChI is InChI=1S/C15H22F2N2/c1-3-18-11-8-9-19(4-2)14(10-11)15-12(16)6-5-7-13(15)17/h5-7,11,14,18H,3-4,8-10H2,1-2H3/t11-,14+/m1/s1. The van der Waals surface area contributed by atoms with E-state index in [-0.39, 0.29) is 11.6 Å². The van der Waals surface area contributed by atoms with E-state index in [4.69, 9.17) is 0 Å². The Hall–Kier alpha value is -1.00. The minimum Gasteiger partial charge on any atom is -0.314 e. The normalized spacial score (nSPS) is 24.6. The summed E-state index contributed by atoms with van der Waals surface area (Å²) in [6, 6.07) is 4.31. The fraction of sp³-hybridized carbons (Fsp3) is 0.600. The van der Waals surface area contributed by atoms with Gasteiger partial charge in [-0.1, -0.05) is 19.9 Å². The molecule has 0 amide bonds. The minimum atomic E-state index is -0.430. The van der Waals surface area contributed by atoms with Crippen LogP contribution >= 0.6 is 0 Å². The number of likely N-dealkylation sites (tertiary alicyclic amines) is 1. The van der Waals surface area contributed by atoms with Crippen molar-refractivity contribution in [2.24, 2.45) is 0 Å². The molecule has 4 heteroatoms. The molecule has 1 heterocycles. The van der Waals surface area contributed by atoms with E-state index in [1.165, 1.54) is 18.2 Å². The molecule has 0 radical (unpaired) electrons. The van der Waals surface area contributed by atoms with E-state index in [0.29, 0.717) is 6.04 Å². The molecule has 1 fully saturated rings. The minimum absolute atomic E-state index is 0.163. The van der Waals surface area contributed by atoms with Crippen molar-refractivity contribution < 1.29 is 8.78 Å². The highest BCUT2D eigenvalue weighted by atomic mass is 19.1. The Morgan fingerprint density at radius 2 is 1.95 bits per heavy atom. The summed E-state index contributed by atoms with van der Waals surface area (Å²) in [4.78, 5) is 2.16. The van der Waals surface area contributed by atoms with Gasteiger partial charge in [-0.05, 0) is 38.1 Å². The van der Waals surface area contributed by atoms with E-state index in [9.17, 15) is 8.78 Å². The largest absolute Gasteiger partial charge is 0.314 e. The maximum Gasteiger partial charge on any atom is 0.130 e. The highest BCUT2D eigenvalue weighted by molar-refractivity contribution is 5.24. The quantitative estimate of drug-likeness (QED) is 0.902. The molecule has 19 heavy (non-hydrogen) atoms. The molecule has 1 aromatic rings. The van der Waals surface area contributed by atoms with Crippen molar-refractivity contribution in [1.82, 2.24) is 10.2 Å². The molecular weight excluding hydrogens is 246 g/mol. The summed E-state index contributed by atoms with van der Waals surface area (Å²) in [5, 5.41) is 3.40. The lowest BCUT2D eigenvalue weighted by atomic mass is 9.91. The lowest BCUT2D eigenvalue weighted by Crippen LogP contribution is -2.44. The van der Waals surface area contributed by atoms with Gasteiger partial charge in [0.25, 0.3) is 0 Å². The summed E-state index contributed by atoms with van der Waals surface area (Å²) in [7, 11) is 0. The van der Waals surface area contributed by atoms with Gasteiger partial charge in [0.2, 0.25) is 0 Å². The van der Waals surface area contributed by atoms with Gasteiger partial charge in [0, 0.05) is 24.2 Å². The van der Waals surface area contributed by atoms with Gasteiger partial charge in [0.05, 0.1) is 0 Å². The second-order valence-electron chi connectivity index (χ2n) is 5.06. The van der Waals surface area contributed by atoms with E-state index < -0.39 is 11.6 Å². The van der Waals surface area contributed by atoms with Gasteiger partial charge in [-0.3, -0.25) is 4.90 Å². The molecule has 2 rings (SSSR count). The maximum absolute atomic E-state index is 14.0. The molecule has 0 aliphatic carbocycles. The van der Waals surface area contributed by atoms with Gasteiger partial charge in [-0.15, -0.1) is 0 Å². The number of benzene rings is 1. The first-order chi connectivity index (χ1) is 9.17. The van der Waals surface area contributed by atoms with Gasteiger partial charge in [-0.2, -0.15) is 0 Å². The number of nitrogens with zero attached hydrogens (tertiary/aromatic N) is 1. The third kappa shape index (κ3) is 3.12. The van der Waals surface area contributed by atoms with E-state index in [1.807, 2.05) is 6.92 Å². The summed E-state index contributed by atoms with van der Waals surface area (Å²) in [5.41, 5.74) is 0.229. The van der Waals surface area contributed by atoms with Crippen molar-refractivity contribution in [2.45, 2.75) is 38.8 Å². The van der Waals surface area contributed by atoms with Crippen LogP contribution in [0.1, 0.15) is 38.3 Å². The lowest BCUT2D eigenvalue weighted by Gasteiger charge is -2.39. The summed E-state index contributed by atoms with van der Waals surface area (Å²) in [6.45, 7) is 6.69. The number of hydrogen-bond acceptors (Lipinski definition) is 2. The molecule has 0 aromatic heterocycles. The van der Waals surface area contributed by atoms with Crippen LogP contribution in [0.3, 0.4) is 0 Å². The first-order valence-electron chi connectivity index (χ1n) is 7.08. The van der Waals surface area contributed by atoms with Gasteiger partial charge < -0.3 is 5.32 Å². The predicted molar refractivity (Wildman–Crippen MR) is 73.0 cm³/mol. The highest BCUT2D eigenvalue weighted by Gasteiger charge is 2.31. The molecule has 1 aliphatic rings. The number of nitrogens with one attached hydrogen (secondary N) is 1. The Morgan fingerprint density at radius 3 is 2.53 bits per heavy atom. The number of rotatable bonds is 4. The van der Waals surface area contributed by atoms with Crippen LogP contribution in [0.5, 0.6) is 0 Å². The van der Waals surface area contributed by atoms with E-state index in [2.05, 4.69) is 17.1 Å². The summed E-state index contributed by atoms with van der Waals surface area (Å²) < 4.78 is 27.9. The SMILES string of the molecule is CCN[C@@H]1CCN(CC)[C@H](c2c(F)cccc2F)C1.